The van der Waals surface area contributed by atoms with Gasteiger partial charge in [0.1, 0.15) is 6.61 Å². The molecule has 4 aliphatic rings. The molecule has 1 N–H and O–H groups in total. The van der Waals surface area contributed by atoms with Gasteiger partial charge in [-0.15, -0.1) is 0 Å². The Hall–Kier alpha value is -1.55. The number of rotatable bonds is 3. The summed E-state index contributed by atoms with van der Waals surface area (Å²) in [5.74, 6) is 0.570. The summed E-state index contributed by atoms with van der Waals surface area (Å²) in [6, 6.07) is 9.74. The molecule has 106 valence electrons. The fourth-order valence-corrected chi connectivity index (χ4v) is 4.07. The van der Waals surface area contributed by atoms with Gasteiger partial charge in [0.2, 0.25) is 0 Å². The lowest BCUT2D eigenvalue weighted by molar-refractivity contribution is -0.296. The molecular weight excluding hydrogens is 254 g/mol. The van der Waals surface area contributed by atoms with Gasteiger partial charge in [-0.2, -0.15) is 0 Å². The number of aliphatic hydroxyl groups is 1. The van der Waals surface area contributed by atoms with Crippen molar-refractivity contribution in [3.8, 4) is 0 Å². The normalized spacial score (nSPS) is 34.8. The Morgan fingerprint density at radius 3 is 2.50 bits per heavy atom. The molecule has 1 amide bonds. The van der Waals surface area contributed by atoms with Crippen LogP contribution in [0.1, 0.15) is 24.8 Å². The Kier molecular flexibility index (Phi) is 2.43. The van der Waals surface area contributed by atoms with E-state index < -0.39 is 0 Å². The summed E-state index contributed by atoms with van der Waals surface area (Å²) in [5.41, 5.74) is 1.03. The molecule has 0 radical (unpaired) electrons. The van der Waals surface area contributed by atoms with E-state index >= 15 is 0 Å². The number of likely N-dealkylation sites (tertiary alicyclic amines) is 1. The van der Waals surface area contributed by atoms with E-state index in [0.29, 0.717) is 17.9 Å². The predicted molar refractivity (Wildman–Crippen MR) is 72.9 cm³/mol. The molecule has 5 rings (SSSR count). The number of benzene rings is 1. The molecule has 3 aliphatic carbocycles. The largest absolute Gasteiger partial charge is 0.445 e. The summed E-state index contributed by atoms with van der Waals surface area (Å²) in [6.45, 7) is 1.93. The lowest BCUT2D eigenvalue weighted by Crippen LogP contribution is -2.74. The van der Waals surface area contributed by atoms with Crippen LogP contribution in [0.4, 0.5) is 4.79 Å². The van der Waals surface area contributed by atoms with Gasteiger partial charge < -0.3 is 14.7 Å². The van der Waals surface area contributed by atoms with E-state index in [0.717, 1.165) is 37.9 Å². The van der Waals surface area contributed by atoms with Gasteiger partial charge in [0.05, 0.1) is 5.60 Å². The summed E-state index contributed by atoms with van der Waals surface area (Å²) < 4.78 is 5.31. The maximum Gasteiger partial charge on any atom is 0.410 e. The topological polar surface area (TPSA) is 49.8 Å². The highest BCUT2D eigenvalue weighted by atomic mass is 16.6. The van der Waals surface area contributed by atoms with Crippen molar-refractivity contribution < 1.29 is 14.6 Å². The Balaban J connectivity index is 1.24. The summed E-state index contributed by atoms with van der Waals surface area (Å²) in [6.07, 6.45) is 2.61. The highest BCUT2D eigenvalue weighted by molar-refractivity contribution is 5.68. The second-order valence-electron chi connectivity index (χ2n) is 6.76. The average Bonchev–Trinajstić information content (AvgIpc) is 2.32. The van der Waals surface area contributed by atoms with Crippen molar-refractivity contribution in [2.75, 3.05) is 13.1 Å². The monoisotopic (exact) mass is 273 g/mol. The maximum atomic E-state index is 11.9. The van der Waals surface area contributed by atoms with Crippen LogP contribution in [-0.2, 0) is 11.3 Å². The first-order valence-electron chi connectivity index (χ1n) is 7.27. The number of ether oxygens (including phenoxy) is 1. The van der Waals surface area contributed by atoms with Gasteiger partial charge in [-0.1, -0.05) is 30.3 Å². The van der Waals surface area contributed by atoms with Gasteiger partial charge >= 0.3 is 6.09 Å². The number of nitrogens with zero attached hydrogens (tertiary/aromatic N) is 1. The van der Waals surface area contributed by atoms with Crippen molar-refractivity contribution in [3.63, 3.8) is 0 Å². The molecule has 1 saturated heterocycles. The zero-order valence-electron chi connectivity index (χ0n) is 11.4. The van der Waals surface area contributed by atoms with Crippen LogP contribution in [0.3, 0.4) is 0 Å². The molecule has 1 aromatic carbocycles. The third-order valence-corrected chi connectivity index (χ3v) is 5.25. The molecule has 0 aromatic heterocycles. The summed E-state index contributed by atoms with van der Waals surface area (Å²) in [4.78, 5) is 13.7. The summed E-state index contributed by atoms with van der Waals surface area (Å²) in [5, 5.41) is 9.79. The van der Waals surface area contributed by atoms with Crippen LogP contribution < -0.4 is 0 Å². The first kappa shape index (κ1) is 12.2. The lowest BCUT2D eigenvalue weighted by atomic mass is 9.36. The molecule has 0 unspecified atom stereocenters. The molecule has 4 nitrogen and oxygen atoms in total. The van der Waals surface area contributed by atoms with E-state index in [-0.39, 0.29) is 11.7 Å². The summed E-state index contributed by atoms with van der Waals surface area (Å²) >= 11 is 0. The van der Waals surface area contributed by atoms with E-state index in [1.165, 1.54) is 0 Å². The maximum absolute atomic E-state index is 11.9. The predicted octanol–water partition coefficient (Wildman–Crippen LogP) is 2.17. The molecule has 2 bridgehead atoms. The van der Waals surface area contributed by atoms with Crippen LogP contribution in [0.5, 0.6) is 0 Å². The number of carbonyl (C=O) groups is 1. The van der Waals surface area contributed by atoms with Gasteiger partial charge in [0.25, 0.3) is 0 Å². The molecule has 1 heterocycles. The van der Waals surface area contributed by atoms with Crippen molar-refractivity contribution in [2.45, 2.75) is 31.5 Å². The standard InChI is InChI=1S/C16H19NO3/c18-14(20-8-12-4-2-1-3-5-12)17-6-13(7-17)15-9-16(19,10-15)11-15/h1-5,13,19H,6-11H2. The number of hydrogen-bond acceptors (Lipinski definition) is 3. The second-order valence-corrected chi connectivity index (χ2v) is 6.76. The van der Waals surface area contributed by atoms with Gasteiger partial charge in [-0.05, 0) is 30.2 Å². The Morgan fingerprint density at radius 2 is 1.90 bits per heavy atom. The molecule has 1 aliphatic heterocycles. The van der Waals surface area contributed by atoms with Crippen LogP contribution in [-0.4, -0.2) is 34.8 Å². The molecule has 20 heavy (non-hydrogen) atoms. The Bertz CT molecular complexity index is 516. The number of hydrogen-bond donors (Lipinski definition) is 1. The minimum Gasteiger partial charge on any atom is -0.445 e. The molecule has 4 fully saturated rings. The van der Waals surface area contributed by atoms with Crippen LogP contribution >= 0.6 is 0 Å². The fourth-order valence-electron chi connectivity index (χ4n) is 4.07. The number of amides is 1. The van der Waals surface area contributed by atoms with Crippen LogP contribution in [0.2, 0.25) is 0 Å². The highest BCUT2D eigenvalue weighted by Gasteiger charge is 2.71. The molecular formula is C16H19NO3. The zero-order valence-corrected chi connectivity index (χ0v) is 11.4. The molecule has 0 atom stereocenters. The Morgan fingerprint density at radius 1 is 1.25 bits per heavy atom. The third-order valence-electron chi connectivity index (χ3n) is 5.25. The number of carbonyl (C=O) groups excluding carboxylic acids is 1. The van der Waals surface area contributed by atoms with Crippen molar-refractivity contribution >= 4 is 6.09 Å². The smallest absolute Gasteiger partial charge is 0.410 e. The van der Waals surface area contributed by atoms with Crippen molar-refractivity contribution in [2.24, 2.45) is 11.3 Å². The molecule has 1 aromatic rings. The Labute approximate surface area is 118 Å². The minimum absolute atomic E-state index is 0.213. The third kappa shape index (κ3) is 1.74. The summed E-state index contributed by atoms with van der Waals surface area (Å²) in [7, 11) is 0. The van der Waals surface area contributed by atoms with Crippen LogP contribution in [0.15, 0.2) is 30.3 Å². The van der Waals surface area contributed by atoms with E-state index in [1.54, 1.807) is 4.90 Å². The highest BCUT2D eigenvalue weighted by Crippen LogP contribution is 2.71. The van der Waals surface area contributed by atoms with Crippen molar-refractivity contribution in [1.82, 2.24) is 4.90 Å². The van der Waals surface area contributed by atoms with Crippen molar-refractivity contribution in [1.29, 1.82) is 0 Å². The first-order valence-corrected chi connectivity index (χ1v) is 7.27. The van der Waals surface area contributed by atoms with Gasteiger partial charge in [-0.3, -0.25) is 0 Å². The van der Waals surface area contributed by atoms with Gasteiger partial charge in [-0.25, -0.2) is 4.79 Å². The van der Waals surface area contributed by atoms with E-state index in [1.807, 2.05) is 30.3 Å². The molecule has 4 heteroatoms. The zero-order chi connectivity index (χ0) is 13.8. The van der Waals surface area contributed by atoms with Gasteiger partial charge in [0, 0.05) is 19.0 Å². The SMILES string of the molecule is O=C(OCc1ccccc1)N1CC(C23CC(O)(C2)C3)C1. The first-order chi connectivity index (χ1) is 9.59. The molecule has 0 spiro atoms. The second kappa shape index (κ2) is 3.98. The average molecular weight is 273 g/mol. The molecule has 3 saturated carbocycles. The lowest BCUT2D eigenvalue weighted by Gasteiger charge is -2.73. The van der Waals surface area contributed by atoms with E-state index in [4.69, 9.17) is 4.74 Å². The van der Waals surface area contributed by atoms with Gasteiger partial charge in [0.15, 0.2) is 0 Å². The van der Waals surface area contributed by atoms with Crippen LogP contribution in [0, 0.1) is 11.3 Å². The fraction of sp³-hybridized carbons (Fsp3) is 0.562. The van der Waals surface area contributed by atoms with Crippen molar-refractivity contribution in [3.05, 3.63) is 35.9 Å². The van der Waals surface area contributed by atoms with E-state index in [9.17, 15) is 9.90 Å². The minimum atomic E-state index is -0.339. The van der Waals surface area contributed by atoms with E-state index in [2.05, 4.69) is 0 Å². The van der Waals surface area contributed by atoms with Crippen LogP contribution in [0.25, 0.3) is 0 Å². The quantitative estimate of drug-likeness (QED) is 0.918.